The number of carbonyl (C=O) groups is 1. The van der Waals surface area contributed by atoms with Crippen molar-refractivity contribution in [1.29, 1.82) is 0 Å². The van der Waals surface area contributed by atoms with Gasteiger partial charge in [0.25, 0.3) is 15.7 Å². The maximum absolute atomic E-state index is 12.5. The lowest BCUT2D eigenvalue weighted by Crippen LogP contribution is -2.15. The molecule has 0 saturated carbocycles. The van der Waals surface area contributed by atoms with Crippen LogP contribution in [0.25, 0.3) is 0 Å². The molecule has 9 nitrogen and oxygen atoms in total. The third-order valence-corrected chi connectivity index (χ3v) is 4.84. The van der Waals surface area contributed by atoms with Gasteiger partial charge in [0.05, 0.1) is 22.7 Å². The van der Waals surface area contributed by atoms with Crippen molar-refractivity contribution in [2.45, 2.75) is 4.90 Å². The number of nitrogens with zero attached hydrogens (tertiary/aromatic N) is 1. The summed E-state index contributed by atoms with van der Waals surface area (Å²) in [6, 6.07) is 6.87. The lowest BCUT2D eigenvalue weighted by Gasteiger charge is -2.13. The molecule has 2 N–H and O–H groups in total. The van der Waals surface area contributed by atoms with Crippen LogP contribution in [-0.2, 0) is 10.0 Å². The molecule has 0 aliphatic heterocycles. The molecule has 2 rings (SSSR count). The SMILES string of the molecule is COc1cc(NS(=O)(=O)c2ccccc2[N+](=O)[O-])c(Cl)cc1C(=O)O. The summed E-state index contributed by atoms with van der Waals surface area (Å²) in [6.45, 7) is 0. The number of sulfonamides is 1. The van der Waals surface area contributed by atoms with Crippen LogP contribution in [0.3, 0.4) is 0 Å². The van der Waals surface area contributed by atoms with Gasteiger partial charge in [-0.3, -0.25) is 14.8 Å². The van der Waals surface area contributed by atoms with Crippen molar-refractivity contribution in [3.63, 3.8) is 0 Å². The number of methoxy groups -OCH3 is 1. The number of halogens is 1. The molecule has 0 aliphatic rings. The number of hydrogen-bond acceptors (Lipinski definition) is 6. The van der Waals surface area contributed by atoms with Gasteiger partial charge in [0, 0.05) is 12.1 Å². The van der Waals surface area contributed by atoms with E-state index < -0.39 is 31.5 Å². The van der Waals surface area contributed by atoms with Gasteiger partial charge in [-0.05, 0) is 12.1 Å². The molecule has 0 radical (unpaired) electrons. The minimum absolute atomic E-state index is 0.128. The van der Waals surface area contributed by atoms with Gasteiger partial charge in [-0.2, -0.15) is 0 Å². The Balaban J connectivity index is 2.52. The van der Waals surface area contributed by atoms with Gasteiger partial charge in [-0.1, -0.05) is 23.7 Å². The number of nitro benzene ring substituents is 1. The quantitative estimate of drug-likeness (QED) is 0.575. The van der Waals surface area contributed by atoms with E-state index in [0.29, 0.717) is 0 Å². The van der Waals surface area contributed by atoms with Gasteiger partial charge in [0.1, 0.15) is 11.3 Å². The van der Waals surface area contributed by atoms with Crippen LogP contribution in [0.15, 0.2) is 41.3 Å². The Morgan fingerprint density at radius 2 is 1.96 bits per heavy atom. The Morgan fingerprint density at radius 1 is 1.32 bits per heavy atom. The van der Waals surface area contributed by atoms with E-state index >= 15 is 0 Å². The largest absolute Gasteiger partial charge is 0.496 e. The number of anilines is 1. The van der Waals surface area contributed by atoms with Crippen LogP contribution in [0.4, 0.5) is 11.4 Å². The number of carboxylic acid groups (broad SMARTS) is 1. The second-order valence-electron chi connectivity index (χ2n) is 4.67. The molecule has 0 aliphatic carbocycles. The monoisotopic (exact) mass is 386 g/mol. The Hall–Kier alpha value is -2.85. The van der Waals surface area contributed by atoms with Gasteiger partial charge in [0.15, 0.2) is 4.90 Å². The normalized spacial score (nSPS) is 11.0. The van der Waals surface area contributed by atoms with E-state index in [2.05, 4.69) is 4.72 Å². The summed E-state index contributed by atoms with van der Waals surface area (Å²) in [5, 5.41) is 19.9. The van der Waals surface area contributed by atoms with Gasteiger partial charge in [-0.25, -0.2) is 13.2 Å². The summed E-state index contributed by atoms with van der Waals surface area (Å²) in [7, 11) is -3.14. The first-order valence-corrected chi connectivity index (χ1v) is 8.40. The maximum atomic E-state index is 12.5. The van der Waals surface area contributed by atoms with Crippen LogP contribution in [0, 0.1) is 10.1 Å². The second-order valence-corrected chi connectivity index (χ2v) is 6.73. The number of rotatable bonds is 6. The number of aromatic carboxylic acids is 1. The number of para-hydroxylation sites is 1. The van der Waals surface area contributed by atoms with Crippen molar-refractivity contribution in [3.8, 4) is 5.75 Å². The fraction of sp³-hybridized carbons (Fsp3) is 0.0714. The summed E-state index contributed by atoms with van der Waals surface area (Å²) in [5.74, 6) is -1.44. The van der Waals surface area contributed by atoms with Crippen LogP contribution in [0.1, 0.15) is 10.4 Å². The molecule has 0 unspecified atom stereocenters. The smallest absolute Gasteiger partial charge is 0.339 e. The van der Waals surface area contributed by atoms with E-state index in [9.17, 15) is 23.3 Å². The van der Waals surface area contributed by atoms with E-state index in [0.717, 1.165) is 24.3 Å². The van der Waals surface area contributed by atoms with Gasteiger partial charge in [-0.15, -0.1) is 0 Å². The third kappa shape index (κ3) is 3.80. The van der Waals surface area contributed by atoms with Crippen molar-refractivity contribution in [2.24, 2.45) is 0 Å². The lowest BCUT2D eigenvalue weighted by molar-refractivity contribution is -0.387. The molecule has 0 aromatic heterocycles. The van der Waals surface area contributed by atoms with Crippen LogP contribution >= 0.6 is 11.6 Å². The molecule has 0 bridgehead atoms. The first kappa shape index (κ1) is 18.5. The molecule has 0 atom stereocenters. The molecule has 11 heteroatoms. The maximum Gasteiger partial charge on any atom is 0.339 e. The highest BCUT2D eigenvalue weighted by molar-refractivity contribution is 7.92. The predicted octanol–water partition coefficient (Wildman–Crippen LogP) is 2.76. The van der Waals surface area contributed by atoms with Gasteiger partial charge >= 0.3 is 5.97 Å². The second kappa shape index (κ2) is 6.95. The topological polar surface area (TPSA) is 136 Å². The highest BCUT2D eigenvalue weighted by atomic mass is 35.5. The zero-order chi connectivity index (χ0) is 18.8. The molecular formula is C14H11ClN2O7S. The van der Waals surface area contributed by atoms with E-state index in [1.54, 1.807) is 0 Å². The number of hydrogen-bond donors (Lipinski definition) is 2. The molecule has 0 amide bonds. The van der Waals surface area contributed by atoms with Crippen LogP contribution in [0.2, 0.25) is 5.02 Å². The predicted molar refractivity (Wildman–Crippen MR) is 88.9 cm³/mol. The summed E-state index contributed by atoms with van der Waals surface area (Å²) in [5.41, 5.74) is -1.05. The number of benzene rings is 2. The number of ether oxygens (including phenoxy) is 1. The molecule has 2 aromatic carbocycles. The minimum atomic E-state index is -4.35. The highest BCUT2D eigenvalue weighted by Crippen LogP contribution is 2.33. The van der Waals surface area contributed by atoms with Gasteiger partial charge < -0.3 is 9.84 Å². The lowest BCUT2D eigenvalue weighted by atomic mass is 10.2. The zero-order valence-corrected chi connectivity index (χ0v) is 14.2. The third-order valence-electron chi connectivity index (χ3n) is 3.12. The summed E-state index contributed by atoms with van der Waals surface area (Å²) < 4.78 is 31.9. The standard InChI is InChI=1S/C14H11ClN2O7S/c1-24-12-7-10(9(15)6-8(12)14(18)19)16-25(22,23)13-5-3-2-4-11(13)17(20)21/h2-7,16H,1H3,(H,18,19). The molecule has 25 heavy (non-hydrogen) atoms. The Labute approximate surface area is 147 Å². The zero-order valence-electron chi connectivity index (χ0n) is 12.6. The van der Waals surface area contributed by atoms with E-state index in [1.165, 1.54) is 19.2 Å². The van der Waals surface area contributed by atoms with Crippen molar-refractivity contribution in [1.82, 2.24) is 0 Å². The average Bonchev–Trinajstić information content (AvgIpc) is 2.56. The molecule has 132 valence electrons. The Kier molecular flexibility index (Phi) is 5.14. The van der Waals surface area contributed by atoms with Crippen LogP contribution in [0.5, 0.6) is 5.75 Å². The van der Waals surface area contributed by atoms with Crippen LogP contribution < -0.4 is 9.46 Å². The Bertz CT molecular complexity index is 960. The Morgan fingerprint density at radius 3 is 2.52 bits per heavy atom. The van der Waals surface area contributed by atoms with Crippen LogP contribution in [-0.4, -0.2) is 31.5 Å². The van der Waals surface area contributed by atoms with Gasteiger partial charge in [0.2, 0.25) is 0 Å². The van der Waals surface area contributed by atoms with Crippen molar-refractivity contribution in [2.75, 3.05) is 11.8 Å². The highest BCUT2D eigenvalue weighted by Gasteiger charge is 2.26. The van der Waals surface area contributed by atoms with Crippen molar-refractivity contribution >= 4 is 39.0 Å². The molecule has 0 spiro atoms. The first-order valence-electron chi connectivity index (χ1n) is 6.54. The first-order chi connectivity index (χ1) is 11.7. The fourth-order valence-electron chi connectivity index (χ4n) is 2.00. The fourth-order valence-corrected chi connectivity index (χ4v) is 3.51. The minimum Gasteiger partial charge on any atom is -0.496 e. The molecule has 0 heterocycles. The van der Waals surface area contributed by atoms with Crippen molar-refractivity contribution in [3.05, 3.63) is 57.1 Å². The molecule has 0 saturated heterocycles. The summed E-state index contributed by atoms with van der Waals surface area (Å²) in [6.07, 6.45) is 0. The van der Waals surface area contributed by atoms with Crippen molar-refractivity contribution < 1.29 is 28.0 Å². The molecular weight excluding hydrogens is 376 g/mol. The van der Waals surface area contributed by atoms with E-state index in [-0.39, 0.29) is 22.0 Å². The van der Waals surface area contributed by atoms with E-state index in [4.69, 9.17) is 21.4 Å². The van der Waals surface area contributed by atoms with E-state index in [1.807, 2.05) is 0 Å². The summed E-state index contributed by atoms with van der Waals surface area (Å²) >= 11 is 5.92. The molecule has 2 aromatic rings. The summed E-state index contributed by atoms with van der Waals surface area (Å²) in [4.78, 5) is 20.7. The molecule has 0 fully saturated rings. The number of carboxylic acids is 1. The number of nitro groups is 1. The average molecular weight is 387 g/mol. The number of nitrogens with one attached hydrogen (secondary N) is 1.